The van der Waals surface area contributed by atoms with Crippen molar-refractivity contribution in [2.45, 2.75) is 6.92 Å². The maximum atomic E-state index is 11.9. The van der Waals surface area contributed by atoms with Gasteiger partial charge in [0, 0.05) is 11.6 Å². The average Bonchev–Trinajstić information content (AvgIpc) is 3.01. The smallest absolute Gasteiger partial charge is 0.340 e. The Balaban J connectivity index is 2.12. The number of H-pyrrole nitrogens is 1. The lowest BCUT2D eigenvalue weighted by atomic mass is 10.1. The van der Waals surface area contributed by atoms with E-state index < -0.39 is 0 Å². The summed E-state index contributed by atoms with van der Waals surface area (Å²) >= 11 is 1.48. The summed E-state index contributed by atoms with van der Waals surface area (Å²) in [7, 11) is 1.38. The van der Waals surface area contributed by atoms with Crippen molar-refractivity contribution in [1.29, 1.82) is 0 Å². The molecule has 3 heterocycles. The molecule has 0 saturated heterocycles. The van der Waals surface area contributed by atoms with Crippen LogP contribution in [0.1, 0.15) is 15.9 Å². The standard InChI is InChI=1S/C13H13NO4S/c1-7-5-14-10(9(7)13(15)16-2)12-11-8(6-19-12)17-3-4-18-11/h5-6,14H,3-4H2,1-2H3. The highest BCUT2D eigenvalue weighted by atomic mass is 32.1. The minimum absolute atomic E-state index is 0.354. The number of aromatic amines is 1. The molecule has 0 spiro atoms. The SMILES string of the molecule is COC(=O)c1c(C)c[nH]c1-c1scc2c1OCCO2. The molecular formula is C13H13NO4S. The van der Waals surface area contributed by atoms with Crippen LogP contribution in [0, 0.1) is 6.92 Å². The zero-order chi connectivity index (χ0) is 13.4. The first-order chi connectivity index (χ1) is 9.22. The maximum Gasteiger partial charge on any atom is 0.340 e. The highest BCUT2D eigenvalue weighted by Crippen LogP contribution is 2.46. The van der Waals surface area contributed by atoms with Crippen LogP contribution in [0.15, 0.2) is 11.6 Å². The number of carbonyl (C=O) groups is 1. The Morgan fingerprint density at radius 1 is 1.42 bits per heavy atom. The Labute approximate surface area is 114 Å². The molecule has 2 aromatic heterocycles. The van der Waals surface area contributed by atoms with Crippen molar-refractivity contribution >= 4 is 17.3 Å². The fourth-order valence-corrected chi connectivity index (χ4v) is 3.05. The Kier molecular flexibility index (Phi) is 2.94. The molecule has 0 radical (unpaired) electrons. The van der Waals surface area contributed by atoms with E-state index in [1.807, 2.05) is 12.3 Å². The van der Waals surface area contributed by atoms with Crippen LogP contribution < -0.4 is 9.47 Å². The van der Waals surface area contributed by atoms with Crippen molar-refractivity contribution in [3.8, 4) is 22.1 Å². The Morgan fingerprint density at radius 2 is 2.21 bits per heavy atom. The van der Waals surface area contributed by atoms with Crippen molar-refractivity contribution < 1.29 is 19.0 Å². The molecule has 19 heavy (non-hydrogen) atoms. The highest BCUT2D eigenvalue weighted by molar-refractivity contribution is 7.14. The number of nitrogens with one attached hydrogen (secondary N) is 1. The molecule has 0 atom stereocenters. The molecule has 0 unspecified atom stereocenters. The number of methoxy groups -OCH3 is 1. The lowest BCUT2D eigenvalue weighted by molar-refractivity contribution is 0.0601. The summed E-state index contributed by atoms with van der Waals surface area (Å²) < 4.78 is 16.0. The van der Waals surface area contributed by atoms with Gasteiger partial charge in [-0.05, 0) is 12.5 Å². The molecule has 0 aromatic carbocycles. The zero-order valence-electron chi connectivity index (χ0n) is 10.6. The lowest BCUT2D eigenvalue weighted by Crippen LogP contribution is -2.14. The first-order valence-electron chi connectivity index (χ1n) is 5.86. The van der Waals surface area contributed by atoms with Crippen LogP contribution in [0.5, 0.6) is 11.5 Å². The lowest BCUT2D eigenvalue weighted by Gasteiger charge is -2.16. The van der Waals surface area contributed by atoms with Crippen molar-refractivity contribution in [2.24, 2.45) is 0 Å². The van der Waals surface area contributed by atoms with Crippen LogP contribution in [0.4, 0.5) is 0 Å². The molecular weight excluding hydrogens is 266 g/mol. The number of aryl methyl sites for hydroxylation is 1. The normalized spacial score (nSPS) is 13.4. The van der Waals surface area contributed by atoms with Crippen LogP contribution in [-0.2, 0) is 4.74 Å². The van der Waals surface area contributed by atoms with Gasteiger partial charge in [-0.3, -0.25) is 0 Å². The first kappa shape index (κ1) is 12.1. The molecule has 0 fully saturated rings. The molecule has 100 valence electrons. The second-order valence-corrected chi connectivity index (χ2v) is 5.05. The summed E-state index contributed by atoms with van der Waals surface area (Å²) in [4.78, 5) is 15.8. The molecule has 3 rings (SSSR count). The summed E-state index contributed by atoms with van der Waals surface area (Å²) in [6.07, 6.45) is 1.79. The molecule has 0 aliphatic carbocycles. The monoisotopic (exact) mass is 279 g/mol. The van der Waals surface area contributed by atoms with Gasteiger partial charge in [-0.15, -0.1) is 11.3 Å². The minimum Gasteiger partial charge on any atom is -0.485 e. The van der Waals surface area contributed by atoms with Gasteiger partial charge in [0.15, 0.2) is 11.5 Å². The molecule has 0 amide bonds. The van der Waals surface area contributed by atoms with E-state index >= 15 is 0 Å². The molecule has 1 aliphatic heterocycles. The first-order valence-corrected chi connectivity index (χ1v) is 6.74. The largest absolute Gasteiger partial charge is 0.485 e. The third-order valence-electron chi connectivity index (χ3n) is 3.00. The molecule has 6 heteroatoms. The Morgan fingerprint density at radius 3 is 3.00 bits per heavy atom. The summed E-state index contributed by atoms with van der Waals surface area (Å²) in [5.74, 6) is 1.07. The highest BCUT2D eigenvalue weighted by Gasteiger charge is 2.26. The number of thiophene rings is 1. The van der Waals surface area contributed by atoms with Crippen LogP contribution >= 0.6 is 11.3 Å². The fourth-order valence-electron chi connectivity index (χ4n) is 2.10. The number of aromatic nitrogens is 1. The van der Waals surface area contributed by atoms with Gasteiger partial charge in [0.25, 0.3) is 0 Å². The van der Waals surface area contributed by atoms with Gasteiger partial charge < -0.3 is 19.2 Å². The van der Waals surface area contributed by atoms with Crippen molar-refractivity contribution in [3.63, 3.8) is 0 Å². The average molecular weight is 279 g/mol. The van der Waals surface area contributed by atoms with E-state index in [9.17, 15) is 4.79 Å². The fraction of sp³-hybridized carbons (Fsp3) is 0.308. The van der Waals surface area contributed by atoms with Gasteiger partial charge in [0.05, 0.1) is 23.2 Å². The van der Waals surface area contributed by atoms with Crippen LogP contribution in [0.25, 0.3) is 10.6 Å². The van der Waals surface area contributed by atoms with Crippen molar-refractivity contribution in [2.75, 3.05) is 20.3 Å². The third kappa shape index (κ3) is 1.88. The quantitative estimate of drug-likeness (QED) is 0.858. The van der Waals surface area contributed by atoms with E-state index in [-0.39, 0.29) is 5.97 Å². The molecule has 5 nitrogen and oxygen atoms in total. The van der Waals surface area contributed by atoms with E-state index in [0.717, 1.165) is 21.9 Å². The van der Waals surface area contributed by atoms with Crippen molar-refractivity contribution in [3.05, 3.63) is 22.7 Å². The maximum absolute atomic E-state index is 11.9. The summed E-state index contributed by atoms with van der Waals surface area (Å²) in [6, 6.07) is 0. The van der Waals surface area contributed by atoms with E-state index in [1.165, 1.54) is 18.4 Å². The van der Waals surface area contributed by atoms with E-state index in [0.29, 0.717) is 24.5 Å². The zero-order valence-corrected chi connectivity index (χ0v) is 11.4. The number of hydrogen-bond acceptors (Lipinski definition) is 5. The van der Waals surface area contributed by atoms with E-state index in [2.05, 4.69) is 4.98 Å². The summed E-state index contributed by atoms with van der Waals surface area (Å²) in [5, 5.41) is 1.89. The van der Waals surface area contributed by atoms with Crippen molar-refractivity contribution in [1.82, 2.24) is 4.98 Å². The van der Waals surface area contributed by atoms with Gasteiger partial charge in [-0.1, -0.05) is 0 Å². The number of fused-ring (bicyclic) bond motifs is 1. The molecule has 0 saturated carbocycles. The van der Waals surface area contributed by atoms with Crippen LogP contribution in [0.3, 0.4) is 0 Å². The predicted octanol–water partition coefficient (Wildman–Crippen LogP) is 2.61. The number of esters is 1. The van der Waals surface area contributed by atoms with Gasteiger partial charge in [0.1, 0.15) is 13.2 Å². The van der Waals surface area contributed by atoms with Gasteiger partial charge >= 0.3 is 5.97 Å². The van der Waals surface area contributed by atoms with Crippen LogP contribution in [0.2, 0.25) is 0 Å². The third-order valence-corrected chi connectivity index (χ3v) is 3.95. The molecule has 0 bridgehead atoms. The summed E-state index contributed by atoms with van der Waals surface area (Å²) in [6.45, 7) is 2.93. The number of hydrogen-bond donors (Lipinski definition) is 1. The second-order valence-electron chi connectivity index (χ2n) is 4.17. The molecule has 1 aliphatic rings. The summed E-state index contributed by atoms with van der Waals surface area (Å²) in [5.41, 5.74) is 2.11. The molecule has 2 aromatic rings. The van der Waals surface area contributed by atoms with E-state index in [4.69, 9.17) is 14.2 Å². The van der Waals surface area contributed by atoms with Gasteiger partial charge in [-0.25, -0.2) is 4.79 Å². The Bertz CT molecular complexity index is 629. The second kappa shape index (κ2) is 4.62. The predicted molar refractivity (Wildman–Crippen MR) is 71.2 cm³/mol. The molecule has 1 N–H and O–H groups in total. The van der Waals surface area contributed by atoms with Crippen LogP contribution in [-0.4, -0.2) is 31.3 Å². The van der Waals surface area contributed by atoms with Gasteiger partial charge in [0.2, 0.25) is 0 Å². The number of carbonyl (C=O) groups excluding carboxylic acids is 1. The minimum atomic E-state index is -0.354. The van der Waals surface area contributed by atoms with Gasteiger partial charge in [-0.2, -0.15) is 0 Å². The number of ether oxygens (including phenoxy) is 3. The van der Waals surface area contributed by atoms with E-state index in [1.54, 1.807) is 6.20 Å². The Hall–Kier alpha value is -1.95. The number of rotatable bonds is 2. The topological polar surface area (TPSA) is 60.6 Å².